The zero-order valence-electron chi connectivity index (χ0n) is 11.4. The van der Waals surface area contributed by atoms with Gasteiger partial charge in [0.1, 0.15) is 0 Å². The number of likely N-dealkylation sites (tertiary alicyclic amines) is 1. The number of nitrogens with zero attached hydrogens (tertiary/aromatic N) is 5. The van der Waals surface area contributed by atoms with Crippen LogP contribution in [0.2, 0.25) is 0 Å². The molecule has 19 heavy (non-hydrogen) atoms. The Morgan fingerprint density at radius 2 is 2.32 bits per heavy atom. The fourth-order valence-electron chi connectivity index (χ4n) is 2.94. The maximum absolute atomic E-state index is 4.35. The summed E-state index contributed by atoms with van der Waals surface area (Å²) < 4.78 is 4.27. The predicted octanol–water partition coefficient (Wildman–Crippen LogP) is 1.76. The first-order valence-corrected chi connectivity index (χ1v) is 7.07. The van der Waals surface area contributed by atoms with Crippen molar-refractivity contribution >= 4 is 0 Å². The van der Waals surface area contributed by atoms with E-state index in [2.05, 4.69) is 37.2 Å². The molecule has 0 saturated carbocycles. The summed E-state index contributed by atoms with van der Waals surface area (Å²) in [5.74, 6) is 0. The first kappa shape index (κ1) is 12.4. The fourth-order valence-corrected chi connectivity index (χ4v) is 2.94. The Morgan fingerprint density at radius 3 is 3.11 bits per heavy atom. The summed E-state index contributed by atoms with van der Waals surface area (Å²) in [5.41, 5.74) is 1.32. The van der Waals surface area contributed by atoms with Crippen LogP contribution >= 0.6 is 0 Å². The van der Waals surface area contributed by atoms with E-state index in [-0.39, 0.29) is 0 Å². The van der Waals surface area contributed by atoms with E-state index in [1.54, 1.807) is 0 Å². The van der Waals surface area contributed by atoms with E-state index in [1.807, 2.05) is 24.9 Å². The van der Waals surface area contributed by atoms with E-state index in [4.69, 9.17) is 0 Å². The lowest BCUT2D eigenvalue weighted by molar-refractivity contribution is 0.218. The highest BCUT2D eigenvalue weighted by molar-refractivity contribution is 5.01. The molecule has 1 saturated heterocycles. The Morgan fingerprint density at radius 1 is 1.37 bits per heavy atom. The zero-order valence-corrected chi connectivity index (χ0v) is 11.4. The molecule has 1 atom stereocenters. The fraction of sp³-hybridized carbons (Fsp3) is 0.571. The maximum atomic E-state index is 4.35. The predicted molar refractivity (Wildman–Crippen MR) is 73.6 cm³/mol. The number of aromatic nitrogens is 4. The third-order valence-electron chi connectivity index (χ3n) is 3.95. The molecular weight excluding hydrogens is 238 g/mol. The third kappa shape index (κ3) is 2.71. The number of imidazole rings is 1. The largest absolute Gasteiger partial charge is 0.336 e. The van der Waals surface area contributed by atoms with Gasteiger partial charge in [0.25, 0.3) is 0 Å². The second kappa shape index (κ2) is 5.57. The van der Waals surface area contributed by atoms with Gasteiger partial charge in [-0.2, -0.15) is 5.10 Å². The molecular formula is C14H21N5. The Balaban J connectivity index is 1.66. The minimum absolute atomic E-state index is 0.620. The van der Waals surface area contributed by atoms with Crippen molar-refractivity contribution < 1.29 is 0 Å². The van der Waals surface area contributed by atoms with Crippen LogP contribution in [0.4, 0.5) is 0 Å². The van der Waals surface area contributed by atoms with Gasteiger partial charge in [-0.25, -0.2) is 4.98 Å². The molecule has 102 valence electrons. The maximum Gasteiger partial charge on any atom is 0.0946 e. The highest BCUT2D eigenvalue weighted by atomic mass is 15.3. The van der Waals surface area contributed by atoms with Crippen LogP contribution in [0.3, 0.4) is 0 Å². The zero-order chi connectivity index (χ0) is 13.1. The average Bonchev–Trinajstić information content (AvgIpc) is 3.14. The van der Waals surface area contributed by atoms with Crippen LogP contribution in [0.25, 0.3) is 0 Å². The van der Waals surface area contributed by atoms with E-state index in [1.165, 1.54) is 25.1 Å². The molecule has 5 nitrogen and oxygen atoms in total. The van der Waals surface area contributed by atoms with Crippen molar-refractivity contribution in [1.82, 2.24) is 24.2 Å². The molecule has 0 radical (unpaired) electrons. The van der Waals surface area contributed by atoms with E-state index >= 15 is 0 Å². The van der Waals surface area contributed by atoms with Crippen molar-refractivity contribution in [2.45, 2.75) is 45.4 Å². The summed E-state index contributed by atoms with van der Waals surface area (Å²) in [4.78, 5) is 6.70. The molecule has 1 fully saturated rings. The molecule has 1 aliphatic rings. The van der Waals surface area contributed by atoms with Gasteiger partial charge in [0.2, 0.25) is 0 Å². The molecule has 0 aliphatic carbocycles. The SMILES string of the molecule is CCn1nccc1CN1CCC[C@@H]1Cn1ccnc1. The molecule has 0 unspecified atom stereocenters. The molecule has 3 heterocycles. The average molecular weight is 259 g/mol. The number of aryl methyl sites for hydroxylation is 1. The highest BCUT2D eigenvalue weighted by Gasteiger charge is 2.25. The van der Waals surface area contributed by atoms with Crippen molar-refractivity contribution in [3.63, 3.8) is 0 Å². The van der Waals surface area contributed by atoms with Gasteiger partial charge in [-0.1, -0.05) is 0 Å². The molecule has 0 N–H and O–H groups in total. The van der Waals surface area contributed by atoms with Crippen LogP contribution < -0.4 is 0 Å². The minimum Gasteiger partial charge on any atom is -0.336 e. The minimum atomic E-state index is 0.620. The Kier molecular flexibility index (Phi) is 3.64. The van der Waals surface area contributed by atoms with E-state index in [9.17, 15) is 0 Å². The molecule has 2 aromatic rings. The van der Waals surface area contributed by atoms with Crippen molar-refractivity contribution in [3.05, 3.63) is 36.7 Å². The summed E-state index contributed by atoms with van der Waals surface area (Å²) in [6.45, 7) is 6.33. The summed E-state index contributed by atoms with van der Waals surface area (Å²) in [7, 11) is 0. The normalized spacial score (nSPS) is 20.2. The van der Waals surface area contributed by atoms with Crippen LogP contribution in [0.5, 0.6) is 0 Å². The van der Waals surface area contributed by atoms with Crippen LogP contribution in [0.15, 0.2) is 31.0 Å². The Labute approximate surface area is 113 Å². The van der Waals surface area contributed by atoms with Crippen LogP contribution in [0, 0.1) is 0 Å². The molecule has 5 heteroatoms. The highest BCUT2D eigenvalue weighted by Crippen LogP contribution is 2.21. The van der Waals surface area contributed by atoms with Crippen LogP contribution in [0.1, 0.15) is 25.5 Å². The monoisotopic (exact) mass is 259 g/mol. The topological polar surface area (TPSA) is 38.9 Å². The van der Waals surface area contributed by atoms with Gasteiger partial charge in [-0.3, -0.25) is 9.58 Å². The molecule has 0 spiro atoms. The van der Waals surface area contributed by atoms with Crippen molar-refractivity contribution in [1.29, 1.82) is 0 Å². The number of hydrogen-bond acceptors (Lipinski definition) is 3. The lowest BCUT2D eigenvalue weighted by Crippen LogP contribution is -2.33. The first-order valence-electron chi connectivity index (χ1n) is 7.07. The van der Waals surface area contributed by atoms with Gasteiger partial charge in [-0.05, 0) is 32.4 Å². The van der Waals surface area contributed by atoms with Gasteiger partial charge in [0.15, 0.2) is 0 Å². The molecule has 3 rings (SSSR count). The second-order valence-corrected chi connectivity index (χ2v) is 5.16. The smallest absolute Gasteiger partial charge is 0.0946 e. The lowest BCUT2D eigenvalue weighted by atomic mass is 10.2. The Hall–Kier alpha value is -1.62. The van der Waals surface area contributed by atoms with Crippen molar-refractivity contribution in [2.75, 3.05) is 6.54 Å². The number of hydrogen-bond donors (Lipinski definition) is 0. The van der Waals surface area contributed by atoms with Gasteiger partial charge >= 0.3 is 0 Å². The van der Waals surface area contributed by atoms with Gasteiger partial charge in [0.05, 0.1) is 12.0 Å². The molecule has 0 aromatic carbocycles. The lowest BCUT2D eigenvalue weighted by Gasteiger charge is -2.24. The molecule has 1 aliphatic heterocycles. The van der Waals surface area contributed by atoms with Crippen LogP contribution in [-0.2, 0) is 19.6 Å². The van der Waals surface area contributed by atoms with E-state index < -0.39 is 0 Å². The van der Waals surface area contributed by atoms with Gasteiger partial charge in [-0.15, -0.1) is 0 Å². The number of rotatable bonds is 5. The van der Waals surface area contributed by atoms with E-state index in [0.29, 0.717) is 6.04 Å². The van der Waals surface area contributed by atoms with Crippen molar-refractivity contribution in [2.24, 2.45) is 0 Å². The summed E-state index contributed by atoms with van der Waals surface area (Å²) in [6.07, 6.45) is 10.3. The quantitative estimate of drug-likeness (QED) is 0.821. The summed E-state index contributed by atoms with van der Waals surface area (Å²) in [5, 5.41) is 4.35. The first-order chi connectivity index (χ1) is 9.36. The van der Waals surface area contributed by atoms with Gasteiger partial charge < -0.3 is 4.57 Å². The third-order valence-corrected chi connectivity index (χ3v) is 3.95. The van der Waals surface area contributed by atoms with Crippen LogP contribution in [-0.4, -0.2) is 36.8 Å². The van der Waals surface area contributed by atoms with E-state index in [0.717, 1.165) is 19.6 Å². The summed E-state index contributed by atoms with van der Waals surface area (Å²) >= 11 is 0. The van der Waals surface area contributed by atoms with Gasteiger partial charge in [0, 0.05) is 44.3 Å². The molecule has 0 amide bonds. The van der Waals surface area contributed by atoms with Crippen molar-refractivity contribution in [3.8, 4) is 0 Å². The molecule has 0 bridgehead atoms. The second-order valence-electron chi connectivity index (χ2n) is 5.16. The molecule has 2 aromatic heterocycles. The summed E-state index contributed by atoms with van der Waals surface area (Å²) in [6, 6.07) is 2.75. The Bertz CT molecular complexity index is 502. The standard InChI is InChI=1S/C14H21N5/c1-2-19-14(5-6-16-19)11-18-8-3-4-13(18)10-17-9-7-15-12-17/h5-7,9,12-13H,2-4,8,10-11H2,1H3/t13-/m1/s1.